The molecule has 3 nitrogen and oxygen atoms in total. The fourth-order valence-corrected chi connectivity index (χ4v) is 2.42. The van der Waals surface area contributed by atoms with Gasteiger partial charge in [-0.2, -0.15) is 0 Å². The van der Waals surface area contributed by atoms with Crippen LogP contribution < -0.4 is 0 Å². The minimum absolute atomic E-state index is 0.0383. The maximum Gasteiger partial charge on any atom is 0.335 e. The van der Waals surface area contributed by atoms with Gasteiger partial charge < -0.3 is 5.11 Å². The molecule has 2 aromatic carbocycles. The van der Waals surface area contributed by atoms with Crippen molar-refractivity contribution in [3.05, 3.63) is 64.8 Å². The molecule has 0 fully saturated rings. The van der Waals surface area contributed by atoms with E-state index in [0.29, 0.717) is 0 Å². The molecule has 0 aliphatic rings. The van der Waals surface area contributed by atoms with Gasteiger partial charge in [0.2, 0.25) is 0 Å². The van der Waals surface area contributed by atoms with E-state index in [4.69, 9.17) is 16.7 Å². The summed E-state index contributed by atoms with van der Waals surface area (Å²) in [4.78, 5) is 15.0. The Bertz CT molecular complexity index is 912. The molecule has 3 aromatic rings. The Hall–Kier alpha value is -2.53. The third-order valence-electron chi connectivity index (χ3n) is 3.29. The zero-order valence-electron chi connectivity index (χ0n) is 11.0. The molecule has 1 N–H and O–H groups in total. The van der Waals surface area contributed by atoms with Crippen molar-refractivity contribution in [2.24, 2.45) is 0 Å². The van der Waals surface area contributed by atoms with E-state index in [0.717, 1.165) is 6.20 Å². The number of carboxylic acids is 1. The van der Waals surface area contributed by atoms with Gasteiger partial charge in [-0.25, -0.2) is 13.6 Å². The molecule has 0 unspecified atom stereocenters. The fourth-order valence-electron chi connectivity index (χ4n) is 2.24. The number of aromatic nitrogens is 1. The smallest absolute Gasteiger partial charge is 0.335 e. The van der Waals surface area contributed by atoms with Crippen LogP contribution in [0.2, 0.25) is 5.02 Å². The van der Waals surface area contributed by atoms with E-state index in [9.17, 15) is 13.6 Å². The van der Waals surface area contributed by atoms with E-state index in [1.807, 2.05) is 0 Å². The maximum atomic E-state index is 14.2. The zero-order valence-corrected chi connectivity index (χ0v) is 11.7. The molecule has 3 rings (SSSR count). The van der Waals surface area contributed by atoms with Gasteiger partial charge in [0.1, 0.15) is 5.82 Å². The van der Waals surface area contributed by atoms with Crippen molar-refractivity contribution in [3.8, 4) is 11.3 Å². The summed E-state index contributed by atoms with van der Waals surface area (Å²) in [6.45, 7) is 0. The largest absolute Gasteiger partial charge is 0.478 e. The first-order valence-corrected chi connectivity index (χ1v) is 6.63. The molecule has 0 atom stereocenters. The first kappa shape index (κ1) is 14.4. The molecule has 0 bridgehead atoms. The fraction of sp³-hybridized carbons (Fsp3) is 0. The van der Waals surface area contributed by atoms with Crippen LogP contribution in [0.5, 0.6) is 0 Å². The van der Waals surface area contributed by atoms with Crippen molar-refractivity contribution in [1.82, 2.24) is 4.98 Å². The molecule has 110 valence electrons. The minimum atomic E-state index is -1.16. The summed E-state index contributed by atoms with van der Waals surface area (Å²) in [7, 11) is 0. The predicted octanol–water partition coefficient (Wildman–Crippen LogP) is 4.53. The number of nitrogens with zero attached hydrogens (tertiary/aromatic N) is 1. The van der Waals surface area contributed by atoms with Gasteiger partial charge in [-0.15, -0.1) is 0 Å². The molecule has 1 aromatic heterocycles. The number of fused-ring (bicyclic) bond motifs is 1. The highest BCUT2D eigenvalue weighted by molar-refractivity contribution is 6.31. The highest BCUT2D eigenvalue weighted by Gasteiger charge is 2.16. The van der Waals surface area contributed by atoms with Crippen LogP contribution in [0.1, 0.15) is 10.4 Å². The lowest BCUT2D eigenvalue weighted by Gasteiger charge is -2.09. The highest BCUT2D eigenvalue weighted by atomic mass is 35.5. The maximum absolute atomic E-state index is 14.2. The Balaban J connectivity index is 2.38. The Morgan fingerprint density at radius 1 is 1.14 bits per heavy atom. The first-order chi connectivity index (χ1) is 10.5. The van der Waals surface area contributed by atoms with Crippen LogP contribution in [0.4, 0.5) is 8.78 Å². The summed E-state index contributed by atoms with van der Waals surface area (Å²) in [5.74, 6) is -2.47. The van der Waals surface area contributed by atoms with Crippen LogP contribution >= 0.6 is 11.6 Å². The number of rotatable bonds is 2. The SMILES string of the molecule is O=C(O)c1ccc2c(F)cnc(-c3cccc(Cl)c3F)c2c1. The van der Waals surface area contributed by atoms with E-state index in [1.165, 1.54) is 30.3 Å². The highest BCUT2D eigenvalue weighted by Crippen LogP contribution is 2.32. The number of carboxylic acid groups (broad SMARTS) is 1. The number of hydrogen-bond acceptors (Lipinski definition) is 2. The van der Waals surface area contributed by atoms with Crippen LogP contribution in [-0.2, 0) is 0 Å². The van der Waals surface area contributed by atoms with Gasteiger partial charge in [-0.1, -0.05) is 23.7 Å². The second-order valence-corrected chi connectivity index (χ2v) is 5.03. The lowest BCUT2D eigenvalue weighted by Crippen LogP contribution is -1.98. The van der Waals surface area contributed by atoms with E-state index in [1.54, 1.807) is 6.07 Å². The standard InChI is InChI=1S/C16H8ClF2NO2/c17-12-3-1-2-10(14(12)19)15-11-6-8(16(21)22)4-5-9(11)13(18)7-20-15/h1-7H,(H,21,22). The molecule has 0 radical (unpaired) electrons. The lowest BCUT2D eigenvalue weighted by atomic mass is 10.0. The van der Waals surface area contributed by atoms with Gasteiger partial charge in [0.15, 0.2) is 5.82 Å². The average Bonchev–Trinajstić information content (AvgIpc) is 2.50. The second kappa shape index (κ2) is 5.35. The van der Waals surface area contributed by atoms with Crippen LogP contribution in [0.15, 0.2) is 42.6 Å². The molecule has 0 amide bonds. The summed E-state index contributed by atoms with van der Waals surface area (Å²) in [5.41, 5.74) is 0.183. The Labute approximate surface area is 128 Å². The average molecular weight is 320 g/mol. The quantitative estimate of drug-likeness (QED) is 0.755. The van der Waals surface area contributed by atoms with Gasteiger partial charge in [-0.05, 0) is 24.3 Å². The molecule has 0 aliphatic carbocycles. The summed E-state index contributed by atoms with van der Waals surface area (Å²) in [5, 5.41) is 9.34. The molecule has 0 spiro atoms. The number of aromatic carboxylic acids is 1. The van der Waals surface area contributed by atoms with E-state index < -0.39 is 17.6 Å². The van der Waals surface area contributed by atoms with Crippen LogP contribution in [0.3, 0.4) is 0 Å². The predicted molar refractivity (Wildman–Crippen MR) is 79.1 cm³/mol. The van der Waals surface area contributed by atoms with Gasteiger partial charge in [0, 0.05) is 16.3 Å². The van der Waals surface area contributed by atoms with Crippen molar-refractivity contribution in [1.29, 1.82) is 0 Å². The number of benzene rings is 2. The van der Waals surface area contributed by atoms with Gasteiger partial charge in [-0.3, -0.25) is 4.98 Å². The summed E-state index contributed by atoms with van der Waals surface area (Å²) >= 11 is 5.76. The van der Waals surface area contributed by atoms with Gasteiger partial charge >= 0.3 is 5.97 Å². The van der Waals surface area contributed by atoms with Crippen molar-refractivity contribution < 1.29 is 18.7 Å². The van der Waals surface area contributed by atoms with Crippen LogP contribution in [-0.4, -0.2) is 16.1 Å². The van der Waals surface area contributed by atoms with Crippen molar-refractivity contribution in [3.63, 3.8) is 0 Å². The van der Waals surface area contributed by atoms with Crippen LogP contribution in [0, 0.1) is 11.6 Å². The molecule has 1 heterocycles. The van der Waals surface area contributed by atoms with Crippen molar-refractivity contribution in [2.45, 2.75) is 0 Å². The summed E-state index contributed by atoms with van der Waals surface area (Å²) in [6.07, 6.45) is 0.971. The Morgan fingerprint density at radius 3 is 2.64 bits per heavy atom. The zero-order chi connectivity index (χ0) is 15.9. The number of carbonyl (C=O) groups is 1. The van der Waals surface area contributed by atoms with E-state index >= 15 is 0 Å². The molecular formula is C16H8ClF2NO2. The second-order valence-electron chi connectivity index (χ2n) is 4.62. The van der Waals surface area contributed by atoms with E-state index in [2.05, 4.69) is 4.98 Å². The van der Waals surface area contributed by atoms with Gasteiger partial charge in [0.05, 0.1) is 22.5 Å². The molecular weight excluding hydrogens is 312 g/mol. The van der Waals surface area contributed by atoms with Crippen molar-refractivity contribution in [2.75, 3.05) is 0 Å². The van der Waals surface area contributed by atoms with Crippen LogP contribution in [0.25, 0.3) is 22.0 Å². The third kappa shape index (κ3) is 2.29. The lowest BCUT2D eigenvalue weighted by molar-refractivity contribution is 0.0697. The summed E-state index contributed by atoms with van der Waals surface area (Å²) < 4.78 is 28.1. The number of hydrogen-bond donors (Lipinski definition) is 1. The topological polar surface area (TPSA) is 50.2 Å². The normalized spacial score (nSPS) is 10.9. The van der Waals surface area contributed by atoms with Gasteiger partial charge in [0.25, 0.3) is 0 Å². The number of pyridine rings is 1. The monoisotopic (exact) mass is 319 g/mol. The minimum Gasteiger partial charge on any atom is -0.478 e. The summed E-state index contributed by atoms with van der Waals surface area (Å²) in [6, 6.07) is 8.26. The molecule has 6 heteroatoms. The molecule has 0 saturated carbocycles. The van der Waals surface area contributed by atoms with Crippen molar-refractivity contribution >= 4 is 28.3 Å². The Morgan fingerprint density at radius 2 is 1.91 bits per heavy atom. The molecule has 22 heavy (non-hydrogen) atoms. The molecule has 0 saturated heterocycles. The Kier molecular flexibility index (Phi) is 3.50. The molecule has 0 aliphatic heterocycles. The first-order valence-electron chi connectivity index (χ1n) is 6.25. The third-order valence-corrected chi connectivity index (χ3v) is 3.58. The van der Waals surface area contributed by atoms with E-state index in [-0.39, 0.29) is 32.6 Å². The number of halogens is 3.